The summed E-state index contributed by atoms with van der Waals surface area (Å²) in [4.78, 5) is 12.4. The summed E-state index contributed by atoms with van der Waals surface area (Å²) in [6.45, 7) is 4.15. The van der Waals surface area contributed by atoms with Crippen molar-refractivity contribution in [3.05, 3.63) is 54.9 Å². The van der Waals surface area contributed by atoms with Crippen LogP contribution in [0.15, 0.2) is 59.8 Å². The van der Waals surface area contributed by atoms with E-state index in [0.29, 0.717) is 18.1 Å². The van der Waals surface area contributed by atoms with Gasteiger partial charge in [-0.1, -0.05) is 12.1 Å². The van der Waals surface area contributed by atoms with Crippen LogP contribution in [0.5, 0.6) is 0 Å². The number of aromatic amines is 1. The molecule has 4 heterocycles. The summed E-state index contributed by atoms with van der Waals surface area (Å²) in [6, 6.07) is 13.5. The molecule has 1 aliphatic heterocycles. The zero-order valence-corrected chi connectivity index (χ0v) is 18.7. The van der Waals surface area contributed by atoms with E-state index < -0.39 is 9.73 Å². The number of nitrogens with zero attached hydrogens (tertiary/aromatic N) is 4. The van der Waals surface area contributed by atoms with Gasteiger partial charge in [-0.2, -0.15) is 5.10 Å². The van der Waals surface area contributed by atoms with E-state index in [2.05, 4.69) is 33.1 Å². The molecule has 9 heteroatoms. The molecule has 0 radical (unpaired) electrons. The van der Waals surface area contributed by atoms with Crippen LogP contribution in [0.3, 0.4) is 0 Å². The van der Waals surface area contributed by atoms with E-state index in [1.807, 2.05) is 30.3 Å². The van der Waals surface area contributed by atoms with Gasteiger partial charge < -0.3 is 9.64 Å². The highest BCUT2D eigenvalue weighted by Gasteiger charge is 2.23. The summed E-state index contributed by atoms with van der Waals surface area (Å²) >= 11 is 0. The summed E-state index contributed by atoms with van der Waals surface area (Å²) in [7, 11) is -2.84. The molecular weight excluding hydrogens is 424 g/mol. The minimum Gasteiger partial charge on any atom is -0.377 e. The van der Waals surface area contributed by atoms with Crippen molar-refractivity contribution in [1.29, 1.82) is 4.78 Å². The lowest BCUT2D eigenvalue weighted by Gasteiger charge is -2.34. The molecule has 2 atom stereocenters. The van der Waals surface area contributed by atoms with Crippen LogP contribution in [0.1, 0.15) is 6.92 Å². The summed E-state index contributed by atoms with van der Waals surface area (Å²) in [5.41, 5.74) is 4.12. The van der Waals surface area contributed by atoms with Gasteiger partial charge in [0.15, 0.2) is 0 Å². The Hall–Kier alpha value is -3.30. The highest BCUT2D eigenvalue weighted by molar-refractivity contribution is 7.91. The van der Waals surface area contributed by atoms with E-state index in [1.165, 1.54) is 6.26 Å². The number of benzene rings is 1. The van der Waals surface area contributed by atoms with Gasteiger partial charge in [0.2, 0.25) is 0 Å². The van der Waals surface area contributed by atoms with Gasteiger partial charge in [-0.15, -0.1) is 0 Å². The number of nitrogens with one attached hydrogen (secondary N) is 2. The number of hydrogen-bond acceptors (Lipinski definition) is 7. The number of ether oxygens (including phenoxy) is 1. The van der Waals surface area contributed by atoms with Gasteiger partial charge in [0.1, 0.15) is 17.0 Å². The largest absolute Gasteiger partial charge is 0.377 e. The van der Waals surface area contributed by atoms with Crippen molar-refractivity contribution < 1.29 is 8.95 Å². The number of hydrogen-bond donors (Lipinski definition) is 2. The molecule has 0 aliphatic carbocycles. The Balaban J connectivity index is 1.79. The topological polar surface area (TPSA) is 108 Å². The van der Waals surface area contributed by atoms with Crippen molar-refractivity contribution >= 4 is 26.4 Å². The normalized spacial score (nSPS) is 18.6. The lowest BCUT2D eigenvalue weighted by atomic mass is 10.00. The first kappa shape index (κ1) is 20.6. The number of aromatic nitrogens is 4. The molecule has 1 fully saturated rings. The summed E-state index contributed by atoms with van der Waals surface area (Å²) < 4.78 is 26.1. The third kappa shape index (κ3) is 3.74. The minimum absolute atomic E-state index is 0.183. The summed E-state index contributed by atoms with van der Waals surface area (Å²) in [5, 5.41) is 8.00. The van der Waals surface area contributed by atoms with Crippen molar-refractivity contribution in [1.82, 2.24) is 20.2 Å². The lowest BCUT2D eigenvalue weighted by molar-refractivity contribution is 0.0986. The standard InChI is InChI=1S/C23H24N6O2S/c1-15-14-31-11-10-29(15)21-13-19(16-4-3-5-17(12-16)32(2,24)30)18-6-8-25-23(22(18)27-21)20-7-9-26-28-20/h3-9,12-13,15,24H,10-11,14H2,1-2H3,(H,26,28). The highest BCUT2D eigenvalue weighted by Crippen LogP contribution is 2.36. The van der Waals surface area contributed by atoms with Crippen molar-refractivity contribution in [2.45, 2.75) is 17.9 Å². The number of pyridine rings is 2. The molecule has 1 aromatic carbocycles. The monoisotopic (exact) mass is 448 g/mol. The molecule has 0 amide bonds. The fraction of sp³-hybridized carbons (Fsp3) is 0.261. The molecule has 8 nitrogen and oxygen atoms in total. The zero-order valence-electron chi connectivity index (χ0n) is 17.9. The molecule has 164 valence electrons. The SMILES string of the molecule is CC1COCCN1c1cc(-c2cccc(S(C)(=N)=O)c2)c2ccnc(-c3ccn[nH]3)c2n1. The van der Waals surface area contributed by atoms with Crippen LogP contribution in [-0.4, -0.2) is 56.4 Å². The fourth-order valence-electron chi connectivity index (χ4n) is 4.08. The molecule has 32 heavy (non-hydrogen) atoms. The fourth-order valence-corrected chi connectivity index (χ4v) is 4.77. The van der Waals surface area contributed by atoms with Crippen LogP contribution in [0, 0.1) is 4.78 Å². The maximum Gasteiger partial charge on any atom is 0.130 e. The number of fused-ring (bicyclic) bond motifs is 1. The smallest absolute Gasteiger partial charge is 0.130 e. The Bertz CT molecular complexity index is 1390. The molecular formula is C23H24N6O2S. The van der Waals surface area contributed by atoms with E-state index >= 15 is 0 Å². The minimum atomic E-state index is -2.84. The Kier molecular flexibility index (Phi) is 5.15. The Morgan fingerprint density at radius 2 is 2.09 bits per heavy atom. The average Bonchev–Trinajstić information content (AvgIpc) is 3.32. The molecule has 1 aliphatic rings. The van der Waals surface area contributed by atoms with Crippen LogP contribution in [0.4, 0.5) is 5.82 Å². The molecule has 1 saturated heterocycles. The van der Waals surface area contributed by atoms with Crippen molar-refractivity contribution in [2.75, 3.05) is 30.9 Å². The summed E-state index contributed by atoms with van der Waals surface area (Å²) in [5.74, 6) is 0.838. The van der Waals surface area contributed by atoms with E-state index in [1.54, 1.807) is 18.5 Å². The molecule has 4 aromatic rings. The van der Waals surface area contributed by atoms with E-state index in [9.17, 15) is 4.21 Å². The second-order valence-electron chi connectivity index (χ2n) is 8.04. The first-order valence-electron chi connectivity index (χ1n) is 10.4. The number of anilines is 1. The maximum absolute atomic E-state index is 12.4. The maximum atomic E-state index is 12.4. The van der Waals surface area contributed by atoms with Crippen molar-refractivity contribution in [3.63, 3.8) is 0 Å². The zero-order chi connectivity index (χ0) is 22.3. The van der Waals surface area contributed by atoms with Gasteiger partial charge >= 0.3 is 0 Å². The van der Waals surface area contributed by atoms with Gasteiger partial charge in [0, 0.05) is 35.5 Å². The van der Waals surface area contributed by atoms with Crippen LogP contribution in [0.25, 0.3) is 33.4 Å². The number of H-pyrrole nitrogens is 1. The van der Waals surface area contributed by atoms with Crippen LogP contribution in [-0.2, 0) is 14.5 Å². The van der Waals surface area contributed by atoms with E-state index in [0.717, 1.165) is 45.8 Å². The molecule has 0 spiro atoms. The van der Waals surface area contributed by atoms with Gasteiger partial charge in [-0.25, -0.2) is 14.0 Å². The van der Waals surface area contributed by atoms with Crippen LogP contribution < -0.4 is 4.90 Å². The molecule has 2 unspecified atom stereocenters. The van der Waals surface area contributed by atoms with Crippen molar-refractivity contribution in [3.8, 4) is 22.5 Å². The molecule has 5 rings (SSSR count). The third-order valence-electron chi connectivity index (χ3n) is 5.73. The average molecular weight is 449 g/mol. The van der Waals surface area contributed by atoms with Gasteiger partial charge in [0.05, 0.1) is 34.7 Å². The Labute approximate surface area is 186 Å². The van der Waals surface area contributed by atoms with Gasteiger partial charge in [0.25, 0.3) is 0 Å². The van der Waals surface area contributed by atoms with Crippen molar-refractivity contribution in [2.24, 2.45) is 0 Å². The first-order valence-corrected chi connectivity index (χ1v) is 12.4. The molecule has 2 N–H and O–H groups in total. The molecule has 0 bridgehead atoms. The van der Waals surface area contributed by atoms with Crippen LogP contribution >= 0.6 is 0 Å². The Morgan fingerprint density at radius 1 is 1.22 bits per heavy atom. The van der Waals surface area contributed by atoms with E-state index in [-0.39, 0.29) is 6.04 Å². The van der Waals surface area contributed by atoms with Crippen LogP contribution in [0.2, 0.25) is 0 Å². The predicted molar refractivity (Wildman–Crippen MR) is 125 cm³/mol. The molecule has 0 saturated carbocycles. The lowest BCUT2D eigenvalue weighted by Crippen LogP contribution is -2.44. The quantitative estimate of drug-likeness (QED) is 0.489. The van der Waals surface area contributed by atoms with Gasteiger partial charge in [-0.05, 0) is 48.4 Å². The number of rotatable bonds is 4. The predicted octanol–water partition coefficient (Wildman–Crippen LogP) is 3.95. The second-order valence-corrected chi connectivity index (χ2v) is 10.2. The summed E-state index contributed by atoms with van der Waals surface area (Å²) in [6.07, 6.45) is 4.90. The highest BCUT2D eigenvalue weighted by atomic mass is 32.2. The second kappa shape index (κ2) is 7.99. The van der Waals surface area contributed by atoms with E-state index in [4.69, 9.17) is 14.5 Å². The Morgan fingerprint density at radius 3 is 2.84 bits per heavy atom. The number of morpholine rings is 1. The van der Waals surface area contributed by atoms with Gasteiger partial charge in [-0.3, -0.25) is 10.1 Å². The third-order valence-corrected chi connectivity index (χ3v) is 6.88. The molecule has 3 aromatic heterocycles. The first-order chi connectivity index (χ1) is 15.4.